The van der Waals surface area contributed by atoms with Crippen LogP contribution >= 0.6 is 46.4 Å². The molecule has 0 saturated heterocycles. The molecule has 0 aliphatic carbocycles. The zero-order valence-corrected chi connectivity index (χ0v) is 10.4. The molecule has 0 aliphatic rings. The third kappa shape index (κ3) is 4.43. The van der Waals surface area contributed by atoms with Gasteiger partial charge in [-0.05, 0) is 6.08 Å². The summed E-state index contributed by atoms with van der Waals surface area (Å²) in [5.41, 5.74) is 0.452. The van der Waals surface area contributed by atoms with Gasteiger partial charge in [0.25, 0.3) is 0 Å². The van der Waals surface area contributed by atoms with Crippen LogP contribution in [0.5, 0.6) is 0 Å². The van der Waals surface area contributed by atoms with Crippen molar-refractivity contribution in [1.29, 1.82) is 0 Å². The Morgan fingerprint density at radius 2 is 1.67 bits per heavy atom. The topological polar surface area (TPSA) is 17.1 Å². The van der Waals surface area contributed by atoms with E-state index in [-0.39, 0.29) is 10.8 Å². The highest BCUT2D eigenvalue weighted by Crippen LogP contribution is 2.30. The first-order chi connectivity index (χ1) is 6.90. The van der Waals surface area contributed by atoms with E-state index in [1.807, 2.05) is 0 Å². The van der Waals surface area contributed by atoms with Crippen LogP contribution in [-0.4, -0.2) is 9.58 Å². The van der Waals surface area contributed by atoms with Crippen molar-refractivity contribution < 1.29 is 4.79 Å². The summed E-state index contributed by atoms with van der Waals surface area (Å²) in [4.78, 5) is 11.6. The Bertz CT molecular complexity index is 378. The largest absolute Gasteiger partial charge is 0.288 e. The zero-order chi connectivity index (χ0) is 11.5. The van der Waals surface area contributed by atoms with Crippen molar-refractivity contribution in [3.8, 4) is 0 Å². The van der Waals surface area contributed by atoms with Gasteiger partial charge in [-0.15, -0.1) is 0 Å². The van der Waals surface area contributed by atoms with Crippen LogP contribution in [0.1, 0.15) is 10.4 Å². The summed E-state index contributed by atoms with van der Waals surface area (Å²) < 4.78 is -1.67. The molecule has 0 radical (unpaired) electrons. The van der Waals surface area contributed by atoms with Crippen LogP contribution in [0.25, 0.3) is 0 Å². The maximum atomic E-state index is 11.6. The first kappa shape index (κ1) is 12.9. The fourth-order valence-electron chi connectivity index (χ4n) is 0.937. The number of allylic oxidation sites excluding steroid dienone is 2. The first-order valence-corrected chi connectivity index (χ1v) is 5.46. The Hall–Kier alpha value is -0.210. The molecular formula is C10H6Cl4O. The van der Waals surface area contributed by atoms with Crippen LogP contribution in [-0.2, 0) is 0 Å². The van der Waals surface area contributed by atoms with E-state index in [1.165, 1.54) is 0 Å². The molecule has 15 heavy (non-hydrogen) atoms. The molecule has 0 amide bonds. The van der Waals surface area contributed by atoms with Crippen molar-refractivity contribution in [2.75, 3.05) is 0 Å². The molecule has 0 N–H and O–H groups in total. The van der Waals surface area contributed by atoms with E-state index in [2.05, 4.69) is 0 Å². The minimum atomic E-state index is -1.67. The number of Topliss-reactive ketones (excluding diaryl/α,β-unsaturated/α-hetero) is 1. The lowest BCUT2D eigenvalue weighted by atomic mass is 10.1. The van der Waals surface area contributed by atoms with Crippen LogP contribution in [0.4, 0.5) is 0 Å². The highest BCUT2D eigenvalue weighted by Gasteiger charge is 2.20. The number of alkyl halides is 3. The predicted molar refractivity (Wildman–Crippen MR) is 65.0 cm³/mol. The van der Waals surface area contributed by atoms with Crippen LogP contribution in [0.15, 0.2) is 41.4 Å². The third-order valence-electron chi connectivity index (χ3n) is 1.54. The molecule has 0 spiro atoms. The molecular weight excluding hydrogens is 278 g/mol. The van der Waals surface area contributed by atoms with Gasteiger partial charge >= 0.3 is 0 Å². The number of halogens is 4. The van der Waals surface area contributed by atoms with Crippen LogP contribution in [0, 0.1) is 0 Å². The van der Waals surface area contributed by atoms with Gasteiger partial charge in [0.2, 0.25) is 9.58 Å². The number of rotatable bonds is 2. The summed E-state index contributed by atoms with van der Waals surface area (Å²) in [7, 11) is 0. The summed E-state index contributed by atoms with van der Waals surface area (Å²) >= 11 is 22.1. The molecule has 80 valence electrons. The number of ketones is 1. The van der Waals surface area contributed by atoms with Gasteiger partial charge in [0.1, 0.15) is 0 Å². The summed E-state index contributed by atoms with van der Waals surface area (Å²) in [6.45, 7) is 0. The lowest BCUT2D eigenvalue weighted by Gasteiger charge is -2.05. The van der Waals surface area contributed by atoms with Crippen LogP contribution < -0.4 is 0 Å². The lowest BCUT2D eigenvalue weighted by Crippen LogP contribution is -2.04. The Morgan fingerprint density at radius 1 is 1.13 bits per heavy atom. The maximum absolute atomic E-state index is 11.6. The van der Waals surface area contributed by atoms with E-state index in [0.717, 1.165) is 6.08 Å². The van der Waals surface area contributed by atoms with Gasteiger partial charge in [0.05, 0.1) is 5.03 Å². The van der Waals surface area contributed by atoms with Gasteiger partial charge in [-0.25, -0.2) is 0 Å². The molecule has 0 bridgehead atoms. The Kier molecular flexibility index (Phi) is 4.47. The fraction of sp³-hybridized carbons (Fsp3) is 0.100. The molecule has 1 aromatic carbocycles. The molecule has 0 atom stereocenters. The Balaban J connectivity index is 2.92. The standard InChI is InChI=1S/C10H6Cl4O/c11-8(6-10(12,13)14)9(15)7-4-2-1-3-5-7/h1-6H. The average molecular weight is 284 g/mol. The molecule has 0 heterocycles. The van der Waals surface area contributed by atoms with Crippen molar-refractivity contribution in [2.24, 2.45) is 0 Å². The second-order valence-corrected chi connectivity index (χ2v) is 5.51. The number of benzene rings is 1. The maximum Gasteiger partial charge on any atom is 0.211 e. The first-order valence-electron chi connectivity index (χ1n) is 3.95. The number of hydrogen-bond acceptors (Lipinski definition) is 1. The summed E-state index contributed by atoms with van der Waals surface area (Å²) in [5, 5.41) is -0.110. The van der Waals surface area contributed by atoms with Crippen molar-refractivity contribution in [2.45, 2.75) is 3.79 Å². The summed E-state index contributed by atoms with van der Waals surface area (Å²) in [6, 6.07) is 8.52. The van der Waals surface area contributed by atoms with Crippen molar-refractivity contribution in [1.82, 2.24) is 0 Å². The Morgan fingerprint density at radius 3 is 2.13 bits per heavy atom. The molecule has 1 nitrogen and oxygen atoms in total. The van der Waals surface area contributed by atoms with Gasteiger partial charge < -0.3 is 0 Å². The fourth-order valence-corrected chi connectivity index (χ4v) is 1.70. The van der Waals surface area contributed by atoms with Crippen LogP contribution in [0.2, 0.25) is 0 Å². The summed E-state index contributed by atoms with van der Waals surface area (Å²) in [6.07, 6.45) is 1.08. The molecule has 0 aromatic heterocycles. The minimum absolute atomic E-state index is 0.110. The van der Waals surface area contributed by atoms with E-state index < -0.39 is 3.79 Å². The predicted octanol–water partition coefficient (Wildman–Crippen LogP) is 4.36. The molecule has 0 saturated carbocycles. The molecule has 1 rings (SSSR count). The molecule has 1 aromatic rings. The van der Waals surface area contributed by atoms with Gasteiger partial charge in [-0.2, -0.15) is 0 Å². The van der Waals surface area contributed by atoms with E-state index in [0.29, 0.717) is 5.56 Å². The second kappa shape index (κ2) is 5.22. The van der Waals surface area contributed by atoms with E-state index in [9.17, 15) is 4.79 Å². The molecule has 0 unspecified atom stereocenters. The SMILES string of the molecule is O=C(C(Cl)=CC(Cl)(Cl)Cl)c1ccccc1. The number of carbonyl (C=O) groups is 1. The normalized spacial score (nSPS) is 12.7. The van der Waals surface area contributed by atoms with Crippen LogP contribution in [0.3, 0.4) is 0 Å². The average Bonchev–Trinajstić information content (AvgIpc) is 2.15. The molecule has 0 fully saturated rings. The Labute approximate surface area is 108 Å². The van der Waals surface area contributed by atoms with Crippen molar-refractivity contribution in [3.05, 3.63) is 47.0 Å². The molecule has 0 aliphatic heterocycles. The van der Waals surface area contributed by atoms with Crippen molar-refractivity contribution in [3.63, 3.8) is 0 Å². The second-order valence-electron chi connectivity index (χ2n) is 2.73. The van der Waals surface area contributed by atoms with E-state index in [4.69, 9.17) is 46.4 Å². The number of carbonyl (C=O) groups excluding carboxylic acids is 1. The van der Waals surface area contributed by atoms with Gasteiger partial charge in [-0.3, -0.25) is 4.79 Å². The highest BCUT2D eigenvalue weighted by molar-refractivity contribution is 6.69. The third-order valence-corrected chi connectivity index (χ3v) is 2.15. The van der Waals surface area contributed by atoms with Gasteiger partial charge in [0, 0.05) is 5.56 Å². The minimum Gasteiger partial charge on any atom is -0.288 e. The quantitative estimate of drug-likeness (QED) is 0.448. The zero-order valence-electron chi connectivity index (χ0n) is 7.38. The molecule has 5 heteroatoms. The van der Waals surface area contributed by atoms with E-state index in [1.54, 1.807) is 30.3 Å². The van der Waals surface area contributed by atoms with Gasteiger partial charge in [0.15, 0.2) is 0 Å². The number of hydrogen-bond donors (Lipinski definition) is 0. The smallest absolute Gasteiger partial charge is 0.211 e. The van der Waals surface area contributed by atoms with E-state index >= 15 is 0 Å². The lowest BCUT2D eigenvalue weighted by molar-refractivity contribution is 0.104. The highest BCUT2D eigenvalue weighted by atomic mass is 35.6. The monoisotopic (exact) mass is 282 g/mol. The summed E-state index contributed by atoms with van der Waals surface area (Å²) in [5.74, 6) is -0.372. The van der Waals surface area contributed by atoms with Gasteiger partial charge in [-0.1, -0.05) is 76.7 Å². The van der Waals surface area contributed by atoms with Crippen molar-refractivity contribution >= 4 is 52.2 Å².